The molecule has 0 bridgehead atoms. The summed E-state index contributed by atoms with van der Waals surface area (Å²) in [5.74, 6) is 1.85. The highest BCUT2D eigenvalue weighted by Gasteiger charge is 2.14. The van der Waals surface area contributed by atoms with Gasteiger partial charge in [-0.3, -0.25) is 4.79 Å². The van der Waals surface area contributed by atoms with Crippen molar-refractivity contribution in [2.45, 2.75) is 45.6 Å². The smallest absolute Gasteiger partial charge is 0.220 e. The van der Waals surface area contributed by atoms with Gasteiger partial charge in [-0.2, -0.15) is 0 Å². The van der Waals surface area contributed by atoms with Crippen LogP contribution in [0.5, 0.6) is 17.2 Å². The normalized spacial score (nSPS) is 10.5. The van der Waals surface area contributed by atoms with E-state index in [9.17, 15) is 4.79 Å². The predicted molar refractivity (Wildman–Crippen MR) is 86.9 cm³/mol. The van der Waals surface area contributed by atoms with Crippen LogP contribution in [0.25, 0.3) is 0 Å². The first-order chi connectivity index (χ1) is 10.6. The van der Waals surface area contributed by atoms with Gasteiger partial charge in [0.1, 0.15) is 0 Å². The Balaban J connectivity index is 2.75. The van der Waals surface area contributed by atoms with Gasteiger partial charge in [0, 0.05) is 12.5 Å². The van der Waals surface area contributed by atoms with E-state index in [1.807, 2.05) is 12.1 Å². The van der Waals surface area contributed by atoms with Gasteiger partial charge in [0.2, 0.25) is 11.7 Å². The molecular weight excluding hydrogens is 282 g/mol. The Morgan fingerprint density at radius 2 is 1.59 bits per heavy atom. The Morgan fingerprint density at radius 3 is 2.00 bits per heavy atom. The SMILES string of the molecule is CCC(CC)NC(=O)CCc1cc(OC)c(OC)c(OC)c1. The first-order valence-electron chi connectivity index (χ1n) is 7.67. The molecule has 0 aliphatic heterocycles. The molecule has 0 aromatic heterocycles. The molecule has 0 heterocycles. The minimum atomic E-state index is 0.0717. The number of aryl methyl sites for hydroxylation is 1. The number of ether oxygens (including phenoxy) is 3. The molecule has 1 aromatic rings. The Hall–Kier alpha value is -1.91. The number of rotatable bonds is 9. The molecule has 0 saturated carbocycles. The minimum Gasteiger partial charge on any atom is -0.493 e. The van der Waals surface area contributed by atoms with Crippen molar-refractivity contribution in [2.75, 3.05) is 21.3 Å². The molecule has 0 aliphatic rings. The van der Waals surface area contributed by atoms with E-state index in [1.54, 1.807) is 21.3 Å². The maximum atomic E-state index is 12.0. The topological polar surface area (TPSA) is 56.8 Å². The van der Waals surface area contributed by atoms with Crippen LogP contribution in [-0.4, -0.2) is 33.3 Å². The van der Waals surface area contributed by atoms with E-state index >= 15 is 0 Å². The second kappa shape index (κ2) is 9.18. The minimum absolute atomic E-state index is 0.0717. The van der Waals surface area contributed by atoms with E-state index < -0.39 is 0 Å². The number of benzene rings is 1. The van der Waals surface area contributed by atoms with Crippen LogP contribution in [0.2, 0.25) is 0 Å². The van der Waals surface area contributed by atoms with E-state index in [4.69, 9.17) is 14.2 Å². The van der Waals surface area contributed by atoms with Crippen molar-refractivity contribution in [3.63, 3.8) is 0 Å². The molecular formula is C17H27NO4. The fraction of sp³-hybridized carbons (Fsp3) is 0.588. The van der Waals surface area contributed by atoms with Crippen molar-refractivity contribution in [1.82, 2.24) is 5.32 Å². The van der Waals surface area contributed by atoms with Crippen molar-refractivity contribution < 1.29 is 19.0 Å². The molecule has 1 amide bonds. The molecule has 0 unspecified atom stereocenters. The van der Waals surface area contributed by atoms with Gasteiger partial charge in [-0.25, -0.2) is 0 Å². The molecule has 124 valence electrons. The fourth-order valence-corrected chi connectivity index (χ4v) is 2.33. The van der Waals surface area contributed by atoms with Gasteiger partial charge in [0.15, 0.2) is 11.5 Å². The number of nitrogens with one attached hydrogen (secondary N) is 1. The monoisotopic (exact) mass is 309 g/mol. The highest BCUT2D eigenvalue weighted by Crippen LogP contribution is 2.38. The Morgan fingerprint density at radius 1 is 1.05 bits per heavy atom. The Bertz CT molecular complexity index is 459. The summed E-state index contributed by atoms with van der Waals surface area (Å²) in [6, 6.07) is 4.02. The summed E-state index contributed by atoms with van der Waals surface area (Å²) in [7, 11) is 4.74. The maximum absolute atomic E-state index is 12.0. The maximum Gasteiger partial charge on any atom is 0.220 e. The first kappa shape index (κ1) is 18.1. The van der Waals surface area contributed by atoms with Crippen molar-refractivity contribution >= 4 is 5.91 Å². The van der Waals surface area contributed by atoms with Crippen molar-refractivity contribution in [2.24, 2.45) is 0 Å². The average Bonchev–Trinajstić information content (AvgIpc) is 2.56. The Labute approximate surface area is 132 Å². The molecule has 5 heteroatoms. The number of hydrogen-bond acceptors (Lipinski definition) is 4. The second-order valence-corrected chi connectivity index (χ2v) is 5.11. The molecule has 1 aromatic carbocycles. The highest BCUT2D eigenvalue weighted by molar-refractivity contribution is 5.76. The molecule has 0 aliphatic carbocycles. The lowest BCUT2D eigenvalue weighted by Crippen LogP contribution is -2.33. The third-order valence-electron chi connectivity index (χ3n) is 3.72. The molecule has 1 N–H and O–H groups in total. The van der Waals surface area contributed by atoms with Crippen molar-refractivity contribution in [3.8, 4) is 17.2 Å². The van der Waals surface area contributed by atoms with Crippen LogP contribution >= 0.6 is 0 Å². The van der Waals surface area contributed by atoms with Crippen LogP contribution in [0.3, 0.4) is 0 Å². The van der Waals surface area contributed by atoms with Crippen molar-refractivity contribution in [3.05, 3.63) is 17.7 Å². The summed E-state index contributed by atoms with van der Waals surface area (Å²) in [5.41, 5.74) is 0.981. The second-order valence-electron chi connectivity index (χ2n) is 5.11. The van der Waals surface area contributed by atoms with Gasteiger partial charge in [-0.05, 0) is 37.0 Å². The molecule has 0 saturated heterocycles. The molecule has 1 rings (SSSR count). The fourth-order valence-electron chi connectivity index (χ4n) is 2.33. The average molecular weight is 309 g/mol. The number of methoxy groups -OCH3 is 3. The van der Waals surface area contributed by atoms with Crippen molar-refractivity contribution in [1.29, 1.82) is 0 Å². The number of amides is 1. The van der Waals surface area contributed by atoms with Crippen LogP contribution in [-0.2, 0) is 11.2 Å². The lowest BCUT2D eigenvalue weighted by atomic mass is 10.1. The van der Waals surface area contributed by atoms with Crippen LogP contribution in [0.1, 0.15) is 38.7 Å². The summed E-state index contributed by atoms with van der Waals surface area (Å²) < 4.78 is 15.9. The van der Waals surface area contributed by atoms with Crippen LogP contribution in [0, 0.1) is 0 Å². The van der Waals surface area contributed by atoms with E-state index in [1.165, 1.54) is 0 Å². The molecule has 0 radical (unpaired) electrons. The largest absolute Gasteiger partial charge is 0.493 e. The standard InChI is InChI=1S/C17H27NO4/c1-6-13(7-2)18-16(19)9-8-12-10-14(20-3)17(22-5)15(11-12)21-4/h10-11,13H,6-9H2,1-5H3,(H,18,19). The van der Waals surface area contributed by atoms with E-state index in [0.29, 0.717) is 30.1 Å². The summed E-state index contributed by atoms with van der Waals surface area (Å²) in [6.07, 6.45) is 2.97. The number of carbonyl (C=O) groups excluding carboxylic acids is 1. The van der Waals surface area contributed by atoms with Gasteiger partial charge in [-0.15, -0.1) is 0 Å². The summed E-state index contributed by atoms with van der Waals surface area (Å²) >= 11 is 0. The van der Waals surface area contributed by atoms with Gasteiger partial charge in [0.05, 0.1) is 21.3 Å². The van der Waals surface area contributed by atoms with E-state index in [-0.39, 0.29) is 11.9 Å². The third-order valence-corrected chi connectivity index (χ3v) is 3.72. The molecule has 0 spiro atoms. The Kier molecular flexibility index (Phi) is 7.57. The van der Waals surface area contributed by atoms with Gasteiger partial charge < -0.3 is 19.5 Å². The van der Waals surface area contributed by atoms with E-state index in [0.717, 1.165) is 18.4 Å². The van der Waals surface area contributed by atoms with Gasteiger partial charge >= 0.3 is 0 Å². The van der Waals surface area contributed by atoms with Crippen LogP contribution < -0.4 is 19.5 Å². The van der Waals surface area contributed by atoms with Crippen LogP contribution in [0.4, 0.5) is 0 Å². The number of carbonyl (C=O) groups is 1. The third kappa shape index (κ3) is 4.83. The molecule has 0 fully saturated rings. The van der Waals surface area contributed by atoms with Crippen LogP contribution in [0.15, 0.2) is 12.1 Å². The molecule has 5 nitrogen and oxygen atoms in total. The predicted octanol–water partition coefficient (Wildman–Crippen LogP) is 2.95. The molecule has 0 atom stereocenters. The van der Waals surface area contributed by atoms with Gasteiger partial charge in [-0.1, -0.05) is 13.8 Å². The van der Waals surface area contributed by atoms with Gasteiger partial charge in [0.25, 0.3) is 0 Å². The highest BCUT2D eigenvalue weighted by atomic mass is 16.5. The zero-order valence-electron chi connectivity index (χ0n) is 14.2. The number of hydrogen-bond donors (Lipinski definition) is 1. The molecule has 22 heavy (non-hydrogen) atoms. The lowest BCUT2D eigenvalue weighted by Gasteiger charge is -2.16. The first-order valence-corrected chi connectivity index (χ1v) is 7.67. The summed E-state index contributed by atoms with van der Waals surface area (Å²) in [4.78, 5) is 12.0. The summed E-state index contributed by atoms with van der Waals surface area (Å²) in [5, 5.41) is 3.04. The zero-order valence-corrected chi connectivity index (χ0v) is 14.2. The summed E-state index contributed by atoms with van der Waals surface area (Å²) in [6.45, 7) is 4.15. The lowest BCUT2D eigenvalue weighted by molar-refractivity contribution is -0.121. The quantitative estimate of drug-likeness (QED) is 0.762. The van der Waals surface area contributed by atoms with E-state index in [2.05, 4.69) is 19.2 Å². The zero-order chi connectivity index (χ0) is 16.5.